The minimum Gasteiger partial charge on any atom is -0.478 e. The number of benzene rings is 1. The Bertz CT molecular complexity index is 479. The van der Waals surface area contributed by atoms with Gasteiger partial charge in [-0.3, -0.25) is 4.90 Å². The van der Waals surface area contributed by atoms with Crippen LogP contribution in [0.25, 0.3) is 0 Å². The molecule has 1 heterocycles. The fourth-order valence-electron chi connectivity index (χ4n) is 2.27. The third-order valence-electron chi connectivity index (χ3n) is 3.49. The van der Waals surface area contributed by atoms with Crippen molar-refractivity contribution in [1.82, 2.24) is 4.90 Å². The van der Waals surface area contributed by atoms with Gasteiger partial charge in [0, 0.05) is 19.6 Å². The summed E-state index contributed by atoms with van der Waals surface area (Å²) >= 11 is 0. The number of nitrogens with one attached hydrogen (secondary N) is 1. The number of aromatic carboxylic acids is 1. The second kappa shape index (κ2) is 6.58. The zero-order valence-electron chi connectivity index (χ0n) is 11.6. The lowest BCUT2D eigenvalue weighted by Crippen LogP contribution is -2.45. The minimum absolute atomic E-state index is 0.127. The first-order valence-corrected chi connectivity index (χ1v) is 6.80. The number of nitrogen functional groups attached to an aromatic ring is 1. The van der Waals surface area contributed by atoms with E-state index in [4.69, 9.17) is 15.6 Å². The number of nitrogens with two attached hydrogens (primary N) is 1. The number of hydrogen-bond donors (Lipinski definition) is 3. The Hall–Kier alpha value is -1.79. The van der Waals surface area contributed by atoms with Gasteiger partial charge in [-0.15, -0.1) is 0 Å². The van der Waals surface area contributed by atoms with Crippen molar-refractivity contribution >= 4 is 17.3 Å². The Morgan fingerprint density at radius 2 is 2.40 bits per heavy atom. The Kier molecular flexibility index (Phi) is 4.81. The predicted molar refractivity (Wildman–Crippen MR) is 78.2 cm³/mol. The lowest BCUT2D eigenvalue weighted by atomic mass is 10.1. The van der Waals surface area contributed by atoms with Gasteiger partial charge in [0.25, 0.3) is 0 Å². The largest absolute Gasteiger partial charge is 0.478 e. The van der Waals surface area contributed by atoms with Gasteiger partial charge in [-0.05, 0) is 24.7 Å². The average molecular weight is 279 g/mol. The number of carbonyl (C=O) groups is 1. The van der Waals surface area contributed by atoms with Gasteiger partial charge in [-0.1, -0.05) is 6.92 Å². The number of nitrogens with zero attached hydrogens (tertiary/aromatic N) is 1. The maximum absolute atomic E-state index is 10.8. The molecule has 0 aromatic heterocycles. The molecule has 0 aliphatic carbocycles. The van der Waals surface area contributed by atoms with Gasteiger partial charge < -0.3 is 20.9 Å². The lowest BCUT2D eigenvalue weighted by Gasteiger charge is -2.32. The summed E-state index contributed by atoms with van der Waals surface area (Å²) in [4.78, 5) is 13.2. The summed E-state index contributed by atoms with van der Waals surface area (Å²) < 4.78 is 5.69. The summed E-state index contributed by atoms with van der Waals surface area (Å²) in [5.74, 6) is -0.975. The summed E-state index contributed by atoms with van der Waals surface area (Å²) in [6.07, 6.45) is 0.127. The number of carboxylic acid groups (broad SMARTS) is 1. The standard InChI is InChI=1S/C14H21N3O3/c1-2-17-5-6-20-11(9-17)8-16-13-4-3-10(14(18)19)7-12(13)15/h3-4,7,11,16H,2,5-6,8-9,15H2,1H3,(H,18,19). The first-order chi connectivity index (χ1) is 9.60. The Balaban J connectivity index is 1.92. The van der Waals surface area contributed by atoms with Crippen LogP contribution in [0, 0.1) is 0 Å². The quantitative estimate of drug-likeness (QED) is 0.700. The highest BCUT2D eigenvalue weighted by Gasteiger charge is 2.19. The molecule has 1 atom stereocenters. The Morgan fingerprint density at radius 3 is 3.05 bits per heavy atom. The predicted octanol–water partition coefficient (Wildman–Crippen LogP) is 1.10. The minimum atomic E-state index is -0.975. The molecular formula is C14H21N3O3. The smallest absolute Gasteiger partial charge is 0.335 e. The molecule has 6 nitrogen and oxygen atoms in total. The van der Waals surface area contributed by atoms with Crippen molar-refractivity contribution in [3.63, 3.8) is 0 Å². The Labute approximate surface area is 118 Å². The third kappa shape index (κ3) is 3.61. The summed E-state index contributed by atoms with van der Waals surface area (Å²) in [6, 6.07) is 4.70. The molecule has 0 amide bonds. The second-order valence-corrected chi connectivity index (χ2v) is 4.87. The van der Waals surface area contributed by atoms with Crippen LogP contribution in [-0.2, 0) is 4.74 Å². The highest BCUT2D eigenvalue weighted by Crippen LogP contribution is 2.20. The van der Waals surface area contributed by atoms with Crippen LogP contribution < -0.4 is 11.1 Å². The first kappa shape index (κ1) is 14.6. The summed E-state index contributed by atoms with van der Waals surface area (Å²) in [5, 5.41) is 12.1. The Morgan fingerprint density at radius 1 is 1.60 bits per heavy atom. The molecule has 1 aromatic rings. The van der Waals surface area contributed by atoms with E-state index in [0.717, 1.165) is 31.9 Å². The maximum atomic E-state index is 10.8. The molecule has 0 radical (unpaired) electrons. The van der Waals surface area contributed by atoms with Crippen molar-refractivity contribution in [3.05, 3.63) is 23.8 Å². The van der Waals surface area contributed by atoms with Crippen LogP contribution >= 0.6 is 0 Å². The summed E-state index contributed by atoms with van der Waals surface area (Å²) in [7, 11) is 0. The maximum Gasteiger partial charge on any atom is 0.335 e. The van der Waals surface area contributed by atoms with Crippen LogP contribution in [-0.4, -0.2) is 54.9 Å². The number of morpholine rings is 1. The lowest BCUT2D eigenvalue weighted by molar-refractivity contribution is -0.0191. The van der Waals surface area contributed by atoms with Crippen molar-refractivity contribution in [2.24, 2.45) is 0 Å². The van der Waals surface area contributed by atoms with Gasteiger partial charge in [0.15, 0.2) is 0 Å². The number of rotatable bonds is 5. The van der Waals surface area contributed by atoms with E-state index in [1.165, 1.54) is 6.07 Å². The SMILES string of the molecule is CCN1CCOC(CNc2ccc(C(=O)O)cc2N)C1. The van der Waals surface area contributed by atoms with Crippen molar-refractivity contribution in [3.8, 4) is 0 Å². The first-order valence-electron chi connectivity index (χ1n) is 6.80. The molecule has 1 saturated heterocycles. The van der Waals surface area contributed by atoms with Crippen LogP contribution in [0.15, 0.2) is 18.2 Å². The van der Waals surface area contributed by atoms with E-state index in [0.29, 0.717) is 12.2 Å². The molecule has 1 aromatic carbocycles. The highest BCUT2D eigenvalue weighted by molar-refractivity contribution is 5.90. The van der Waals surface area contributed by atoms with Gasteiger partial charge in [-0.2, -0.15) is 0 Å². The molecular weight excluding hydrogens is 258 g/mol. The van der Waals surface area contributed by atoms with Crippen molar-refractivity contribution in [2.45, 2.75) is 13.0 Å². The zero-order chi connectivity index (χ0) is 14.5. The summed E-state index contributed by atoms with van der Waals surface area (Å²) in [5.41, 5.74) is 7.23. The van der Waals surface area contributed by atoms with Gasteiger partial charge in [0.05, 0.1) is 29.6 Å². The molecule has 0 bridgehead atoms. The second-order valence-electron chi connectivity index (χ2n) is 4.87. The molecule has 0 saturated carbocycles. The van der Waals surface area contributed by atoms with Gasteiger partial charge in [0.2, 0.25) is 0 Å². The zero-order valence-corrected chi connectivity index (χ0v) is 11.6. The van der Waals surface area contributed by atoms with E-state index < -0.39 is 5.97 Å². The van der Waals surface area contributed by atoms with Crippen molar-refractivity contribution in [1.29, 1.82) is 0 Å². The molecule has 0 spiro atoms. The number of carboxylic acids is 1. The van der Waals surface area contributed by atoms with Crippen LogP contribution in [0.4, 0.5) is 11.4 Å². The number of hydrogen-bond acceptors (Lipinski definition) is 5. The fraction of sp³-hybridized carbons (Fsp3) is 0.500. The van der Waals surface area contributed by atoms with E-state index in [1.807, 2.05) is 0 Å². The molecule has 2 rings (SSSR count). The average Bonchev–Trinajstić information content (AvgIpc) is 2.46. The van der Waals surface area contributed by atoms with Crippen LogP contribution in [0.3, 0.4) is 0 Å². The van der Waals surface area contributed by atoms with Gasteiger partial charge in [-0.25, -0.2) is 4.79 Å². The molecule has 20 heavy (non-hydrogen) atoms. The van der Waals surface area contributed by atoms with E-state index in [9.17, 15) is 4.79 Å². The number of ether oxygens (including phenoxy) is 1. The molecule has 1 fully saturated rings. The van der Waals surface area contributed by atoms with Gasteiger partial charge >= 0.3 is 5.97 Å². The number of anilines is 2. The third-order valence-corrected chi connectivity index (χ3v) is 3.49. The van der Waals surface area contributed by atoms with E-state index in [1.54, 1.807) is 12.1 Å². The molecule has 1 unspecified atom stereocenters. The fourth-order valence-corrected chi connectivity index (χ4v) is 2.27. The van der Waals surface area contributed by atoms with Crippen LogP contribution in [0.2, 0.25) is 0 Å². The monoisotopic (exact) mass is 279 g/mol. The topological polar surface area (TPSA) is 87.8 Å². The molecule has 4 N–H and O–H groups in total. The van der Waals surface area contributed by atoms with E-state index in [-0.39, 0.29) is 11.7 Å². The van der Waals surface area contributed by atoms with E-state index >= 15 is 0 Å². The van der Waals surface area contributed by atoms with Crippen LogP contribution in [0.5, 0.6) is 0 Å². The molecule has 110 valence electrons. The molecule has 1 aliphatic rings. The van der Waals surface area contributed by atoms with Crippen molar-refractivity contribution < 1.29 is 14.6 Å². The molecule has 1 aliphatic heterocycles. The van der Waals surface area contributed by atoms with Gasteiger partial charge in [0.1, 0.15) is 0 Å². The van der Waals surface area contributed by atoms with Crippen molar-refractivity contribution in [2.75, 3.05) is 43.8 Å². The normalized spacial score (nSPS) is 19.8. The highest BCUT2D eigenvalue weighted by atomic mass is 16.5. The van der Waals surface area contributed by atoms with E-state index in [2.05, 4.69) is 17.1 Å². The van der Waals surface area contributed by atoms with Crippen LogP contribution in [0.1, 0.15) is 17.3 Å². The summed E-state index contributed by atoms with van der Waals surface area (Å²) in [6.45, 7) is 6.44. The molecule has 6 heteroatoms. The number of likely N-dealkylation sites (N-methyl/N-ethyl adjacent to an activating group) is 1.